The molecule has 206 valence electrons. The smallest absolute Gasteiger partial charge is 0.267 e. The molecule has 1 unspecified atom stereocenters. The van der Waals surface area contributed by atoms with Crippen LogP contribution >= 0.6 is 0 Å². The quantitative estimate of drug-likeness (QED) is 0.501. The Kier molecular flexibility index (Phi) is 8.38. The van der Waals surface area contributed by atoms with E-state index in [1.807, 2.05) is 30.3 Å². The van der Waals surface area contributed by atoms with Crippen LogP contribution in [-0.2, 0) is 20.9 Å². The number of piperidine rings is 2. The molecule has 1 N–H and O–H groups in total. The third-order valence-corrected chi connectivity index (χ3v) is 8.69. The maximum Gasteiger partial charge on any atom is 0.267 e. The van der Waals surface area contributed by atoms with Crippen LogP contribution in [0.1, 0.15) is 44.6 Å². The summed E-state index contributed by atoms with van der Waals surface area (Å²) in [7, 11) is 1.65. The van der Waals surface area contributed by atoms with Gasteiger partial charge in [-0.1, -0.05) is 24.3 Å². The number of alkyl halides is 1. The monoisotopic (exact) mass is 525 g/mol. The average molecular weight is 526 g/mol. The van der Waals surface area contributed by atoms with Gasteiger partial charge in [-0.3, -0.25) is 9.69 Å². The number of hydrogen-bond acceptors (Lipinski definition) is 7. The molecule has 1 amide bonds. The summed E-state index contributed by atoms with van der Waals surface area (Å²) in [4.78, 5) is 27.8. The molecule has 38 heavy (non-hydrogen) atoms. The van der Waals surface area contributed by atoms with E-state index in [1.54, 1.807) is 18.2 Å². The summed E-state index contributed by atoms with van der Waals surface area (Å²) < 4.78 is 26.9. The number of nitrogens with zero attached hydrogens (tertiary/aromatic N) is 4. The van der Waals surface area contributed by atoms with E-state index in [1.165, 1.54) is 0 Å². The van der Waals surface area contributed by atoms with Gasteiger partial charge in [-0.25, -0.2) is 14.4 Å². The van der Waals surface area contributed by atoms with Crippen LogP contribution in [0.4, 0.5) is 10.3 Å². The molecular weight excluding hydrogens is 485 g/mol. The van der Waals surface area contributed by atoms with Crippen LogP contribution in [0.3, 0.4) is 0 Å². The molecule has 9 heteroatoms. The Hall–Kier alpha value is -2.46. The second kappa shape index (κ2) is 11.7. The van der Waals surface area contributed by atoms with Gasteiger partial charge in [0.25, 0.3) is 5.91 Å². The van der Waals surface area contributed by atoms with E-state index in [0.29, 0.717) is 44.6 Å². The highest BCUT2D eigenvalue weighted by molar-refractivity contribution is 5.99. The lowest BCUT2D eigenvalue weighted by Gasteiger charge is -2.47. The molecule has 0 saturated carbocycles. The molecule has 2 bridgehead atoms. The first kappa shape index (κ1) is 27.1. The number of rotatable bonds is 9. The maximum absolute atomic E-state index is 16.3. The van der Waals surface area contributed by atoms with E-state index >= 15 is 4.39 Å². The number of ether oxygens (including phenoxy) is 2. The Morgan fingerprint density at radius 2 is 1.84 bits per heavy atom. The van der Waals surface area contributed by atoms with E-state index < -0.39 is 17.1 Å². The van der Waals surface area contributed by atoms with Crippen molar-refractivity contribution in [3.63, 3.8) is 0 Å². The molecule has 1 aromatic carbocycles. The predicted molar refractivity (Wildman–Crippen MR) is 145 cm³/mol. The number of hydrogen-bond donors (Lipinski definition) is 1. The normalized spacial score (nSPS) is 26.6. The lowest BCUT2D eigenvalue weighted by atomic mass is 9.76. The van der Waals surface area contributed by atoms with Crippen LogP contribution in [0.5, 0.6) is 0 Å². The number of aromatic nitrogens is 2. The molecule has 0 aliphatic carbocycles. The van der Waals surface area contributed by atoms with Gasteiger partial charge in [-0.05, 0) is 69.9 Å². The van der Waals surface area contributed by atoms with Gasteiger partial charge in [0.1, 0.15) is 0 Å². The maximum atomic E-state index is 16.3. The standard InChI is InChI=1S/C29H40FN5O3/c1-28(12-18-34-16-8-24(28)9-17-34)35(26(36)29(30)10-14-31-15-11-29)27-32-13-7-25(33-27)23-5-3-22(4-6-23)21-38-20-19-37-2/h3-7,13,24,31H,8-12,14-21H2,1-2H3. The zero-order valence-electron chi connectivity index (χ0n) is 22.6. The second-order valence-corrected chi connectivity index (χ2v) is 11.1. The van der Waals surface area contributed by atoms with Gasteiger partial charge >= 0.3 is 0 Å². The molecule has 0 spiro atoms. The number of nitrogens with one attached hydrogen (secondary N) is 1. The van der Waals surface area contributed by atoms with Crippen LogP contribution in [0, 0.1) is 5.92 Å². The van der Waals surface area contributed by atoms with Crippen molar-refractivity contribution in [1.82, 2.24) is 20.2 Å². The third-order valence-electron chi connectivity index (χ3n) is 8.69. The topological polar surface area (TPSA) is 79.8 Å². The molecule has 0 radical (unpaired) electrons. The summed E-state index contributed by atoms with van der Waals surface area (Å²) in [6.45, 7) is 7.66. The second-order valence-electron chi connectivity index (χ2n) is 11.1. The van der Waals surface area contributed by atoms with Crippen LogP contribution in [0.25, 0.3) is 11.3 Å². The van der Waals surface area contributed by atoms with Gasteiger partial charge < -0.3 is 19.7 Å². The van der Waals surface area contributed by atoms with Crippen LogP contribution in [-0.4, -0.2) is 85.0 Å². The number of benzene rings is 1. The Morgan fingerprint density at radius 3 is 2.55 bits per heavy atom. The lowest BCUT2D eigenvalue weighted by Crippen LogP contribution is -2.62. The molecule has 4 saturated heterocycles. The molecule has 1 atom stereocenters. The van der Waals surface area contributed by atoms with Crippen molar-refractivity contribution in [2.75, 3.05) is 57.9 Å². The highest BCUT2D eigenvalue weighted by Crippen LogP contribution is 2.43. The van der Waals surface area contributed by atoms with Crippen molar-refractivity contribution in [2.24, 2.45) is 5.92 Å². The Morgan fingerprint density at radius 1 is 1.11 bits per heavy atom. The van der Waals surface area contributed by atoms with Crippen molar-refractivity contribution in [3.05, 3.63) is 42.1 Å². The minimum atomic E-state index is -1.91. The van der Waals surface area contributed by atoms with E-state index in [4.69, 9.17) is 14.5 Å². The SMILES string of the molecule is COCCOCc1ccc(-c2ccnc(N(C(=O)C3(F)CCNCC3)C3(C)CCN4CCC3CC4)n2)cc1. The zero-order chi connectivity index (χ0) is 26.6. The first-order valence-corrected chi connectivity index (χ1v) is 13.9. The minimum Gasteiger partial charge on any atom is -0.382 e. The van der Waals surface area contributed by atoms with Gasteiger partial charge in [-0.15, -0.1) is 0 Å². The summed E-state index contributed by atoms with van der Waals surface area (Å²) in [5.74, 6) is 0.0978. The zero-order valence-corrected chi connectivity index (χ0v) is 22.6. The first-order valence-electron chi connectivity index (χ1n) is 13.9. The molecule has 2 aromatic rings. The van der Waals surface area contributed by atoms with E-state index in [-0.39, 0.29) is 18.8 Å². The van der Waals surface area contributed by atoms with Gasteiger partial charge in [0.05, 0.1) is 31.1 Å². The molecule has 4 aliphatic heterocycles. The summed E-state index contributed by atoms with van der Waals surface area (Å²) in [5, 5.41) is 3.19. The van der Waals surface area contributed by atoms with E-state index in [2.05, 4.69) is 22.1 Å². The molecule has 6 rings (SSSR count). The number of halogens is 1. The number of anilines is 1. The molecular formula is C29H40FN5O3. The molecule has 5 heterocycles. The van der Waals surface area contributed by atoms with Crippen LogP contribution in [0.2, 0.25) is 0 Å². The number of fused-ring (bicyclic) bond motifs is 4. The van der Waals surface area contributed by atoms with Crippen molar-refractivity contribution in [1.29, 1.82) is 0 Å². The summed E-state index contributed by atoms with van der Waals surface area (Å²) in [6.07, 6.45) is 4.80. The van der Waals surface area contributed by atoms with Crippen molar-refractivity contribution in [2.45, 2.75) is 56.8 Å². The van der Waals surface area contributed by atoms with E-state index in [0.717, 1.165) is 50.0 Å². The third kappa shape index (κ3) is 5.61. The summed E-state index contributed by atoms with van der Waals surface area (Å²) in [5.41, 5.74) is 0.217. The Bertz CT molecular complexity index is 1090. The highest BCUT2D eigenvalue weighted by atomic mass is 19.1. The predicted octanol–water partition coefficient (Wildman–Crippen LogP) is 3.61. The average Bonchev–Trinajstić information content (AvgIpc) is 3.21. The van der Waals surface area contributed by atoms with Gasteiger partial charge in [0.2, 0.25) is 5.95 Å². The number of methoxy groups -OCH3 is 1. The number of carbonyl (C=O) groups excluding carboxylic acids is 1. The summed E-state index contributed by atoms with van der Waals surface area (Å²) >= 11 is 0. The minimum absolute atomic E-state index is 0.169. The van der Waals surface area contributed by atoms with Crippen molar-refractivity contribution < 1.29 is 18.7 Å². The Labute approximate surface area is 224 Å². The fraction of sp³-hybridized carbons (Fsp3) is 0.621. The van der Waals surface area contributed by atoms with Gasteiger partial charge in [0.15, 0.2) is 5.67 Å². The molecule has 4 aliphatic rings. The molecule has 8 nitrogen and oxygen atoms in total. The summed E-state index contributed by atoms with van der Waals surface area (Å²) in [6, 6.07) is 9.87. The lowest BCUT2D eigenvalue weighted by molar-refractivity contribution is -0.133. The van der Waals surface area contributed by atoms with Gasteiger partial charge in [-0.2, -0.15) is 0 Å². The fourth-order valence-electron chi connectivity index (χ4n) is 6.17. The van der Waals surface area contributed by atoms with Crippen molar-refractivity contribution in [3.8, 4) is 11.3 Å². The fourth-order valence-corrected chi connectivity index (χ4v) is 6.17. The largest absolute Gasteiger partial charge is 0.382 e. The van der Waals surface area contributed by atoms with Crippen molar-refractivity contribution >= 4 is 11.9 Å². The Balaban J connectivity index is 1.46. The van der Waals surface area contributed by atoms with Gasteiger partial charge in [0, 0.05) is 38.3 Å². The number of amides is 1. The highest BCUT2D eigenvalue weighted by Gasteiger charge is 2.53. The van der Waals surface area contributed by atoms with Crippen LogP contribution < -0.4 is 10.2 Å². The van der Waals surface area contributed by atoms with Crippen LogP contribution in [0.15, 0.2) is 36.5 Å². The molecule has 1 aromatic heterocycles. The molecule has 4 fully saturated rings. The first-order chi connectivity index (χ1) is 18.4. The number of carbonyl (C=O) groups is 1. The van der Waals surface area contributed by atoms with E-state index in [9.17, 15) is 4.79 Å².